The highest BCUT2D eigenvalue weighted by Gasteiger charge is 2.17. The van der Waals surface area contributed by atoms with E-state index in [1.54, 1.807) is 38.4 Å². The minimum Gasteiger partial charge on any atom is -0.452 e. The van der Waals surface area contributed by atoms with E-state index in [0.29, 0.717) is 11.3 Å². The van der Waals surface area contributed by atoms with Gasteiger partial charge in [-0.25, -0.2) is 4.79 Å². The summed E-state index contributed by atoms with van der Waals surface area (Å²) in [7, 11) is 3.26. The number of ether oxygens (including phenoxy) is 1. The SMILES string of the molecule is CN(C)C(=O)c1ccc(NC(=O)COC(=O)c2ccccc2SC(F)F)cc1. The number of anilines is 1. The van der Waals surface area contributed by atoms with E-state index in [1.165, 1.54) is 29.2 Å². The molecular weight excluding hydrogens is 390 g/mol. The molecule has 2 amide bonds. The molecule has 0 saturated carbocycles. The molecule has 0 spiro atoms. The van der Waals surface area contributed by atoms with Crippen molar-refractivity contribution < 1.29 is 27.9 Å². The molecule has 1 N–H and O–H groups in total. The van der Waals surface area contributed by atoms with Gasteiger partial charge in [0.1, 0.15) is 0 Å². The fraction of sp³-hybridized carbons (Fsp3) is 0.211. The van der Waals surface area contributed by atoms with Gasteiger partial charge in [-0.1, -0.05) is 23.9 Å². The van der Waals surface area contributed by atoms with Crippen LogP contribution in [0.3, 0.4) is 0 Å². The zero-order chi connectivity index (χ0) is 20.7. The summed E-state index contributed by atoms with van der Waals surface area (Å²) in [6.07, 6.45) is 0. The van der Waals surface area contributed by atoms with Gasteiger partial charge in [-0.3, -0.25) is 9.59 Å². The van der Waals surface area contributed by atoms with Gasteiger partial charge in [-0.2, -0.15) is 8.78 Å². The molecular formula is C19H18F2N2O4S. The third kappa shape index (κ3) is 6.05. The lowest BCUT2D eigenvalue weighted by Gasteiger charge is -2.11. The number of thioether (sulfide) groups is 1. The Bertz CT molecular complexity index is 857. The number of benzene rings is 2. The predicted molar refractivity (Wildman–Crippen MR) is 102 cm³/mol. The van der Waals surface area contributed by atoms with Crippen LogP contribution in [0.5, 0.6) is 0 Å². The first-order valence-corrected chi connectivity index (χ1v) is 8.98. The molecule has 0 aromatic heterocycles. The van der Waals surface area contributed by atoms with Gasteiger partial charge in [0.25, 0.3) is 17.6 Å². The number of carbonyl (C=O) groups excluding carboxylic acids is 3. The van der Waals surface area contributed by atoms with Crippen molar-refractivity contribution in [3.05, 3.63) is 59.7 Å². The fourth-order valence-electron chi connectivity index (χ4n) is 2.19. The van der Waals surface area contributed by atoms with Crippen molar-refractivity contribution in [1.29, 1.82) is 0 Å². The predicted octanol–water partition coefficient (Wildman–Crippen LogP) is 3.50. The van der Waals surface area contributed by atoms with Crippen LogP contribution in [-0.2, 0) is 9.53 Å². The van der Waals surface area contributed by atoms with Crippen LogP contribution in [0, 0.1) is 0 Å². The van der Waals surface area contributed by atoms with Crippen molar-refractivity contribution in [1.82, 2.24) is 4.90 Å². The Kier molecular flexibility index (Phi) is 7.51. The van der Waals surface area contributed by atoms with E-state index in [9.17, 15) is 23.2 Å². The van der Waals surface area contributed by atoms with Crippen molar-refractivity contribution in [3.8, 4) is 0 Å². The number of halogens is 2. The van der Waals surface area contributed by atoms with E-state index in [-0.39, 0.29) is 28.1 Å². The van der Waals surface area contributed by atoms with Crippen LogP contribution in [0.4, 0.5) is 14.5 Å². The Balaban J connectivity index is 1.92. The molecule has 0 aliphatic rings. The molecule has 0 fully saturated rings. The average Bonchev–Trinajstić information content (AvgIpc) is 2.66. The number of amides is 2. The smallest absolute Gasteiger partial charge is 0.339 e. The number of hydrogen-bond acceptors (Lipinski definition) is 5. The summed E-state index contributed by atoms with van der Waals surface area (Å²) < 4.78 is 30.0. The molecule has 148 valence electrons. The number of carbonyl (C=O) groups is 3. The maximum Gasteiger partial charge on any atom is 0.339 e. The summed E-state index contributed by atoms with van der Waals surface area (Å²) in [6, 6.07) is 12.0. The molecule has 0 heterocycles. The second-order valence-electron chi connectivity index (χ2n) is 5.78. The van der Waals surface area contributed by atoms with E-state index in [0.717, 1.165) is 0 Å². The Morgan fingerprint density at radius 2 is 1.71 bits per heavy atom. The van der Waals surface area contributed by atoms with Gasteiger partial charge >= 0.3 is 5.97 Å². The average molecular weight is 408 g/mol. The molecule has 2 aromatic carbocycles. The summed E-state index contributed by atoms with van der Waals surface area (Å²) in [5.41, 5.74) is 0.847. The van der Waals surface area contributed by atoms with Crippen LogP contribution >= 0.6 is 11.8 Å². The summed E-state index contributed by atoms with van der Waals surface area (Å²) in [4.78, 5) is 37.4. The Hall–Kier alpha value is -2.94. The van der Waals surface area contributed by atoms with E-state index in [4.69, 9.17) is 4.74 Å². The number of alkyl halides is 2. The van der Waals surface area contributed by atoms with Crippen LogP contribution < -0.4 is 5.32 Å². The monoisotopic (exact) mass is 408 g/mol. The topological polar surface area (TPSA) is 75.7 Å². The number of nitrogens with zero attached hydrogens (tertiary/aromatic N) is 1. The van der Waals surface area contributed by atoms with Gasteiger partial charge in [0.05, 0.1) is 5.56 Å². The zero-order valence-corrected chi connectivity index (χ0v) is 16.0. The second-order valence-corrected chi connectivity index (χ2v) is 6.81. The maximum atomic E-state index is 12.6. The number of hydrogen-bond donors (Lipinski definition) is 1. The minimum absolute atomic E-state index is 0.0350. The zero-order valence-electron chi connectivity index (χ0n) is 15.1. The lowest BCUT2D eigenvalue weighted by molar-refractivity contribution is -0.119. The molecule has 0 atom stereocenters. The van der Waals surface area contributed by atoms with Crippen molar-refractivity contribution in [3.63, 3.8) is 0 Å². The molecule has 0 radical (unpaired) electrons. The molecule has 0 aliphatic heterocycles. The van der Waals surface area contributed by atoms with Crippen molar-refractivity contribution in [2.24, 2.45) is 0 Å². The fourth-order valence-corrected chi connectivity index (χ4v) is 2.82. The third-order valence-corrected chi connectivity index (χ3v) is 4.27. The first kappa shape index (κ1) is 21.4. The van der Waals surface area contributed by atoms with Gasteiger partial charge < -0.3 is 15.0 Å². The van der Waals surface area contributed by atoms with Crippen LogP contribution in [0.1, 0.15) is 20.7 Å². The van der Waals surface area contributed by atoms with Gasteiger partial charge in [0, 0.05) is 30.2 Å². The highest BCUT2D eigenvalue weighted by Crippen LogP contribution is 2.28. The molecule has 9 heteroatoms. The van der Waals surface area contributed by atoms with Crippen molar-refractivity contribution in [2.75, 3.05) is 26.0 Å². The lowest BCUT2D eigenvalue weighted by Crippen LogP contribution is -2.22. The Labute approximate surface area is 164 Å². The molecule has 2 rings (SSSR count). The first-order chi connectivity index (χ1) is 13.3. The standard InChI is InChI=1S/C19H18F2N2O4S/c1-23(2)17(25)12-7-9-13(10-8-12)22-16(24)11-27-18(26)14-5-3-4-6-15(14)28-19(20)21/h3-10,19H,11H2,1-2H3,(H,22,24). The number of rotatable bonds is 7. The quantitative estimate of drug-likeness (QED) is 0.561. The van der Waals surface area contributed by atoms with Crippen molar-refractivity contribution in [2.45, 2.75) is 10.7 Å². The van der Waals surface area contributed by atoms with Gasteiger partial charge in [0.15, 0.2) is 6.61 Å². The normalized spacial score (nSPS) is 10.5. The third-order valence-electron chi connectivity index (χ3n) is 3.48. The van der Waals surface area contributed by atoms with Gasteiger partial charge in [-0.15, -0.1) is 0 Å². The summed E-state index contributed by atoms with van der Waals surface area (Å²) >= 11 is 0.230. The lowest BCUT2D eigenvalue weighted by atomic mass is 10.2. The van der Waals surface area contributed by atoms with Crippen LogP contribution in [0.25, 0.3) is 0 Å². The summed E-state index contributed by atoms with van der Waals surface area (Å²) in [5, 5.41) is 2.52. The van der Waals surface area contributed by atoms with Crippen LogP contribution in [0.2, 0.25) is 0 Å². The largest absolute Gasteiger partial charge is 0.452 e. The first-order valence-electron chi connectivity index (χ1n) is 8.10. The van der Waals surface area contributed by atoms with E-state index < -0.39 is 24.2 Å². The molecule has 6 nitrogen and oxygen atoms in total. The molecule has 0 aliphatic carbocycles. The molecule has 2 aromatic rings. The molecule has 0 unspecified atom stereocenters. The van der Waals surface area contributed by atoms with E-state index in [2.05, 4.69) is 5.32 Å². The van der Waals surface area contributed by atoms with Crippen LogP contribution in [0.15, 0.2) is 53.4 Å². The second kappa shape index (κ2) is 9.84. The van der Waals surface area contributed by atoms with E-state index >= 15 is 0 Å². The molecule has 28 heavy (non-hydrogen) atoms. The Morgan fingerprint density at radius 3 is 2.32 bits per heavy atom. The molecule has 0 saturated heterocycles. The van der Waals surface area contributed by atoms with Crippen molar-refractivity contribution >= 4 is 35.2 Å². The maximum absolute atomic E-state index is 12.6. The summed E-state index contributed by atoms with van der Waals surface area (Å²) in [5.74, 6) is -4.32. The van der Waals surface area contributed by atoms with Gasteiger partial charge in [-0.05, 0) is 36.4 Å². The Morgan fingerprint density at radius 1 is 1.07 bits per heavy atom. The number of esters is 1. The van der Waals surface area contributed by atoms with Crippen LogP contribution in [-0.4, -0.2) is 49.1 Å². The highest BCUT2D eigenvalue weighted by molar-refractivity contribution is 7.99. The van der Waals surface area contributed by atoms with Gasteiger partial charge in [0.2, 0.25) is 0 Å². The number of nitrogens with one attached hydrogen (secondary N) is 1. The highest BCUT2D eigenvalue weighted by atomic mass is 32.2. The summed E-state index contributed by atoms with van der Waals surface area (Å²) in [6.45, 7) is -0.578. The molecule has 0 bridgehead atoms. The van der Waals surface area contributed by atoms with E-state index in [1.807, 2.05) is 0 Å². The minimum atomic E-state index is -2.68.